The molecule has 1 fully saturated rings. The minimum atomic E-state index is -0.382. The van der Waals surface area contributed by atoms with Gasteiger partial charge in [0, 0.05) is 18.1 Å². The summed E-state index contributed by atoms with van der Waals surface area (Å²) < 4.78 is 5.90. The Bertz CT molecular complexity index is 1080. The number of carbonyl (C=O) groups is 2. The summed E-state index contributed by atoms with van der Waals surface area (Å²) in [5.74, 6) is -0.0265. The molecule has 1 saturated heterocycles. The van der Waals surface area contributed by atoms with E-state index in [2.05, 4.69) is 5.32 Å². The van der Waals surface area contributed by atoms with E-state index in [9.17, 15) is 9.59 Å². The van der Waals surface area contributed by atoms with E-state index in [0.29, 0.717) is 34.2 Å². The molecule has 0 atom stereocenters. The second kappa shape index (κ2) is 9.67. The van der Waals surface area contributed by atoms with Gasteiger partial charge in [-0.05, 0) is 48.7 Å². The lowest BCUT2D eigenvalue weighted by atomic mass is 10.1. The van der Waals surface area contributed by atoms with Crippen LogP contribution >= 0.6 is 11.6 Å². The van der Waals surface area contributed by atoms with Crippen molar-refractivity contribution in [1.29, 1.82) is 0 Å². The molecule has 1 N–H and O–H groups in total. The van der Waals surface area contributed by atoms with E-state index in [1.807, 2.05) is 35.2 Å². The number of nitrogens with one attached hydrogen (secondary N) is 1. The maximum atomic E-state index is 13.1. The summed E-state index contributed by atoms with van der Waals surface area (Å²) in [6, 6.07) is 21.7. The maximum Gasteiger partial charge on any atom is 0.259 e. The fourth-order valence-corrected chi connectivity index (χ4v) is 3.77. The number of anilines is 1. The first-order valence-corrected chi connectivity index (χ1v) is 10.7. The minimum absolute atomic E-state index is 0.0694. The van der Waals surface area contributed by atoms with Gasteiger partial charge in [-0.25, -0.2) is 0 Å². The second-order valence-electron chi connectivity index (χ2n) is 7.41. The lowest BCUT2D eigenvalue weighted by Crippen LogP contribution is -2.28. The van der Waals surface area contributed by atoms with Crippen molar-refractivity contribution in [3.8, 4) is 5.75 Å². The molecule has 0 spiro atoms. The highest BCUT2D eigenvalue weighted by Crippen LogP contribution is 2.26. The molecule has 4 rings (SSSR count). The van der Waals surface area contributed by atoms with Crippen LogP contribution in [0.15, 0.2) is 72.8 Å². The molecule has 1 heterocycles. The zero-order valence-corrected chi connectivity index (χ0v) is 17.8. The van der Waals surface area contributed by atoms with Crippen LogP contribution in [-0.2, 0) is 6.61 Å². The Balaban J connectivity index is 1.55. The average Bonchev–Trinajstić information content (AvgIpc) is 3.34. The van der Waals surface area contributed by atoms with Crippen LogP contribution in [0.25, 0.3) is 0 Å². The number of carbonyl (C=O) groups excluding carboxylic acids is 2. The molecule has 1 aliphatic heterocycles. The van der Waals surface area contributed by atoms with E-state index in [1.54, 1.807) is 42.5 Å². The van der Waals surface area contributed by atoms with Gasteiger partial charge in [0.25, 0.3) is 11.8 Å². The topological polar surface area (TPSA) is 58.6 Å². The molecular formula is C25H23ClN2O3. The predicted molar refractivity (Wildman–Crippen MR) is 122 cm³/mol. The van der Waals surface area contributed by atoms with Crippen LogP contribution in [0.3, 0.4) is 0 Å². The first-order chi connectivity index (χ1) is 15.1. The summed E-state index contributed by atoms with van der Waals surface area (Å²) in [6.07, 6.45) is 2.01. The van der Waals surface area contributed by atoms with Crippen molar-refractivity contribution in [2.24, 2.45) is 0 Å². The number of benzene rings is 3. The van der Waals surface area contributed by atoms with E-state index < -0.39 is 0 Å². The maximum absolute atomic E-state index is 13.1. The Morgan fingerprint density at radius 1 is 0.903 bits per heavy atom. The van der Waals surface area contributed by atoms with Gasteiger partial charge in [0.2, 0.25) is 0 Å². The average molecular weight is 435 g/mol. The summed E-state index contributed by atoms with van der Waals surface area (Å²) >= 11 is 6.15. The molecule has 0 unspecified atom stereocenters. The molecule has 0 radical (unpaired) electrons. The van der Waals surface area contributed by atoms with Crippen molar-refractivity contribution in [2.45, 2.75) is 19.4 Å². The minimum Gasteiger partial charge on any atom is -0.488 e. The highest BCUT2D eigenvalue weighted by Gasteiger charge is 2.23. The third-order valence-corrected chi connectivity index (χ3v) is 5.46. The Labute approximate surface area is 186 Å². The first-order valence-electron chi connectivity index (χ1n) is 10.3. The van der Waals surface area contributed by atoms with Crippen LogP contribution in [0.5, 0.6) is 5.75 Å². The molecule has 2 amide bonds. The van der Waals surface area contributed by atoms with E-state index in [0.717, 1.165) is 31.5 Å². The van der Waals surface area contributed by atoms with Crippen molar-refractivity contribution in [1.82, 2.24) is 4.90 Å². The summed E-state index contributed by atoms with van der Waals surface area (Å²) in [4.78, 5) is 27.8. The molecule has 0 aromatic heterocycles. The Kier molecular flexibility index (Phi) is 6.53. The highest BCUT2D eigenvalue weighted by atomic mass is 35.5. The van der Waals surface area contributed by atoms with Gasteiger partial charge >= 0.3 is 0 Å². The standard InChI is InChI=1S/C25H23ClN2O3/c26-19-12-13-23(31-17-18-8-2-1-3-9-18)21(16-19)24(29)27-22-11-5-4-10-20(22)25(30)28-14-6-7-15-28/h1-5,8-13,16H,6-7,14-15,17H2,(H,27,29). The van der Waals surface area contributed by atoms with E-state index >= 15 is 0 Å². The summed E-state index contributed by atoms with van der Waals surface area (Å²) in [5, 5.41) is 3.30. The number of amides is 2. The fourth-order valence-electron chi connectivity index (χ4n) is 3.60. The lowest BCUT2D eigenvalue weighted by molar-refractivity contribution is 0.0794. The number of likely N-dealkylation sites (tertiary alicyclic amines) is 1. The first kappa shape index (κ1) is 20.9. The molecular weight excluding hydrogens is 412 g/mol. The van der Waals surface area contributed by atoms with Crippen LogP contribution in [-0.4, -0.2) is 29.8 Å². The van der Waals surface area contributed by atoms with Crippen molar-refractivity contribution in [2.75, 3.05) is 18.4 Å². The molecule has 1 aliphatic rings. The van der Waals surface area contributed by atoms with Gasteiger partial charge < -0.3 is 15.0 Å². The molecule has 3 aromatic rings. The van der Waals surface area contributed by atoms with Crippen molar-refractivity contribution in [3.05, 3.63) is 94.5 Å². The number of rotatable bonds is 6. The van der Waals surface area contributed by atoms with Crippen molar-refractivity contribution in [3.63, 3.8) is 0 Å². The SMILES string of the molecule is O=C(Nc1ccccc1C(=O)N1CCCC1)c1cc(Cl)ccc1OCc1ccccc1. The number of para-hydroxylation sites is 1. The molecule has 0 aliphatic carbocycles. The molecule has 158 valence electrons. The monoisotopic (exact) mass is 434 g/mol. The van der Waals surface area contributed by atoms with Crippen molar-refractivity contribution >= 4 is 29.1 Å². The van der Waals surface area contributed by atoms with Crippen LogP contribution in [0.2, 0.25) is 5.02 Å². The number of hydrogen-bond acceptors (Lipinski definition) is 3. The van der Waals surface area contributed by atoms with Gasteiger partial charge in [0.1, 0.15) is 12.4 Å². The van der Waals surface area contributed by atoms with Gasteiger partial charge in [-0.3, -0.25) is 9.59 Å². The zero-order valence-electron chi connectivity index (χ0n) is 17.0. The summed E-state index contributed by atoms with van der Waals surface area (Å²) in [6.45, 7) is 1.81. The summed E-state index contributed by atoms with van der Waals surface area (Å²) in [5.41, 5.74) is 2.25. The third kappa shape index (κ3) is 5.06. The number of halogens is 1. The van der Waals surface area contributed by atoms with Gasteiger partial charge in [-0.15, -0.1) is 0 Å². The smallest absolute Gasteiger partial charge is 0.259 e. The largest absolute Gasteiger partial charge is 0.488 e. The van der Waals surface area contributed by atoms with Gasteiger partial charge in [0.15, 0.2) is 0 Å². The quantitative estimate of drug-likeness (QED) is 0.564. The fraction of sp³-hybridized carbons (Fsp3) is 0.200. The Morgan fingerprint density at radius 3 is 2.39 bits per heavy atom. The molecule has 5 nitrogen and oxygen atoms in total. The molecule has 0 bridgehead atoms. The molecule has 31 heavy (non-hydrogen) atoms. The highest BCUT2D eigenvalue weighted by molar-refractivity contribution is 6.31. The van der Waals surface area contributed by atoms with Crippen LogP contribution in [0, 0.1) is 0 Å². The number of nitrogens with zero attached hydrogens (tertiary/aromatic N) is 1. The molecule has 6 heteroatoms. The van der Waals surface area contributed by atoms with Crippen LogP contribution in [0.4, 0.5) is 5.69 Å². The number of hydrogen-bond donors (Lipinski definition) is 1. The normalized spacial score (nSPS) is 13.1. The molecule has 3 aromatic carbocycles. The van der Waals surface area contributed by atoms with Gasteiger partial charge in [0.05, 0.1) is 16.8 Å². The zero-order chi connectivity index (χ0) is 21.6. The lowest BCUT2D eigenvalue weighted by Gasteiger charge is -2.18. The van der Waals surface area contributed by atoms with Crippen molar-refractivity contribution < 1.29 is 14.3 Å². The van der Waals surface area contributed by atoms with Gasteiger partial charge in [-0.2, -0.15) is 0 Å². The van der Waals surface area contributed by atoms with E-state index in [1.165, 1.54) is 0 Å². The summed E-state index contributed by atoms with van der Waals surface area (Å²) in [7, 11) is 0. The Hall–Kier alpha value is -3.31. The Morgan fingerprint density at radius 2 is 1.61 bits per heavy atom. The van der Waals surface area contributed by atoms with E-state index in [-0.39, 0.29) is 11.8 Å². The predicted octanol–water partition coefficient (Wildman–Crippen LogP) is 5.41. The second-order valence-corrected chi connectivity index (χ2v) is 7.85. The molecule has 0 saturated carbocycles. The third-order valence-electron chi connectivity index (χ3n) is 5.22. The van der Waals surface area contributed by atoms with Gasteiger partial charge in [-0.1, -0.05) is 54.1 Å². The number of ether oxygens (including phenoxy) is 1. The van der Waals surface area contributed by atoms with Crippen LogP contribution < -0.4 is 10.1 Å². The van der Waals surface area contributed by atoms with Crippen LogP contribution in [0.1, 0.15) is 39.1 Å². The van der Waals surface area contributed by atoms with E-state index in [4.69, 9.17) is 16.3 Å².